The topological polar surface area (TPSA) is 131 Å². The molecule has 0 spiro atoms. The Hall–Kier alpha value is -5.10. The van der Waals surface area contributed by atoms with Gasteiger partial charge in [-0.05, 0) is 49.4 Å². The van der Waals surface area contributed by atoms with Crippen molar-refractivity contribution in [1.29, 1.82) is 0 Å². The van der Waals surface area contributed by atoms with Gasteiger partial charge in [0.15, 0.2) is 11.5 Å². The minimum atomic E-state index is -0.488. The van der Waals surface area contributed by atoms with Crippen LogP contribution < -0.4 is 14.8 Å². The first-order valence-corrected chi connectivity index (χ1v) is 12.4. The van der Waals surface area contributed by atoms with Crippen LogP contribution in [0.3, 0.4) is 0 Å². The van der Waals surface area contributed by atoms with Crippen molar-refractivity contribution in [3.8, 4) is 34.3 Å². The van der Waals surface area contributed by atoms with Crippen molar-refractivity contribution < 1.29 is 14.1 Å². The van der Waals surface area contributed by atoms with E-state index in [0.717, 1.165) is 5.69 Å². The zero-order chi connectivity index (χ0) is 26.2. The number of ether oxygens (including phenoxy) is 1. The van der Waals surface area contributed by atoms with Crippen LogP contribution in [0.1, 0.15) is 12.5 Å². The summed E-state index contributed by atoms with van der Waals surface area (Å²) in [5, 5.41) is 20.7. The Morgan fingerprint density at radius 3 is 2.68 bits per heavy atom. The maximum atomic E-state index is 13.2. The average Bonchev–Trinajstić information content (AvgIpc) is 3.72. The van der Waals surface area contributed by atoms with Gasteiger partial charge in [0, 0.05) is 23.4 Å². The fraction of sp³-hybridized carbons (Fsp3) is 0.0769. The Bertz CT molecular complexity index is 1890. The minimum Gasteiger partial charge on any atom is -0.487 e. The molecule has 0 bridgehead atoms. The summed E-state index contributed by atoms with van der Waals surface area (Å²) < 4.78 is 14.1. The SMILES string of the molecule is CCOc1ccc(-c2nn(-c3ccccc3)cc2/C=c2\sc3nc(-c4ccco4)nn3c2=O)cc1[N+](=O)[O-]. The van der Waals surface area contributed by atoms with Crippen molar-refractivity contribution in [1.82, 2.24) is 24.4 Å². The maximum absolute atomic E-state index is 13.2. The van der Waals surface area contributed by atoms with Gasteiger partial charge in [-0.25, -0.2) is 4.68 Å². The van der Waals surface area contributed by atoms with E-state index in [4.69, 9.17) is 14.3 Å². The van der Waals surface area contributed by atoms with Gasteiger partial charge in [0.2, 0.25) is 10.8 Å². The number of nitro benzene ring substituents is 1. The third-order valence-corrected chi connectivity index (χ3v) is 6.66. The number of hydrogen-bond donors (Lipinski definition) is 0. The molecule has 2 aromatic carbocycles. The molecule has 188 valence electrons. The van der Waals surface area contributed by atoms with Crippen molar-refractivity contribution in [3.05, 3.63) is 104 Å². The summed E-state index contributed by atoms with van der Waals surface area (Å²) >= 11 is 1.18. The third kappa shape index (κ3) is 4.12. The number of aromatic nitrogens is 5. The van der Waals surface area contributed by atoms with Gasteiger partial charge in [0.05, 0.1) is 28.0 Å². The number of nitrogens with zero attached hydrogens (tertiary/aromatic N) is 6. The first kappa shape index (κ1) is 23.3. The summed E-state index contributed by atoms with van der Waals surface area (Å²) in [6, 6.07) is 17.6. The van der Waals surface area contributed by atoms with Crippen LogP contribution in [-0.4, -0.2) is 35.9 Å². The first-order valence-electron chi connectivity index (χ1n) is 11.5. The van der Waals surface area contributed by atoms with Gasteiger partial charge in [-0.3, -0.25) is 14.9 Å². The number of para-hydroxylation sites is 1. The van der Waals surface area contributed by atoms with Crippen LogP contribution in [0.25, 0.3) is 39.6 Å². The van der Waals surface area contributed by atoms with Crippen LogP contribution >= 0.6 is 11.3 Å². The van der Waals surface area contributed by atoms with Crippen LogP contribution in [0.4, 0.5) is 5.69 Å². The second-order valence-electron chi connectivity index (χ2n) is 8.11. The van der Waals surface area contributed by atoms with Crippen LogP contribution in [-0.2, 0) is 0 Å². The maximum Gasteiger partial charge on any atom is 0.311 e. The lowest BCUT2D eigenvalue weighted by Gasteiger charge is -2.06. The molecule has 6 rings (SSSR count). The molecule has 0 atom stereocenters. The number of thiazole rings is 1. The Morgan fingerprint density at radius 1 is 1.13 bits per heavy atom. The smallest absolute Gasteiger partial charge is 0.311 e. The number of hydrogen-bond acceptors (Lipinski definition) is 9. The molecule has 4 aromatic heterocycles. The predicted molar refractivity (Wildman–Crippen MR) is 140 cm³/mol. The van der Waals surface area contributed by atoms with Crippen molar-refractivity contribution in [3.63, 3.8) is 0 Å². The molecule has 0 N–H and O–H groups in total. The molecule has 0 saturated carbocycles. The Balaban J connectivity index is 1.51. The van der Waals surface area contributed by atoms with Gasteiger partial charge >= 0.3 is 5.69 Å². The van der Waals surface area contributed by atoms with E-state index in [9.17, 15) is 14.9 Å². The van der Waals surface area contributed by atoms with Crippen molar-refractivity contribution >= 4 is 28.1 Å². The van der Waals surface area contributed by atoms with E-state index < -0.39 is 4.92 Å². The van der Waals surface area contributed by atoms with Gasteiger partial charge < -0.3 is 9.15 Å². The normalized spacial score (nSPS) is 11.9. The molecule has 12 heteroatoms. The number of furan rings is 1. The molecule has 11 nitrogen and oxygen atoms in total. The Kier molecular flexibility index (Phi) is 5.77. The fourth-order valence-corrected chi connectivity index (χ4v) is 4.90. The van der Waals surface area contributed by atoms with Crippen molar-refractivity contribution in [2.45, 2.75) is 6.92 Å². The van der Waals surface area contributed by atoms with Gasteiger partial charge in [0.25, 0.3) is 5.56 Å². The highest BCUT2D eigenvalue weighted by molar-refractivity contribution is 7.15. The molecule has 0 aliphatic rings. The van der Waals surface area contributed by atoms with Crippen LogP contribution in [0.2, 0.25) is 0 Å². The summed E-state index contributed by atoms with van der Waals surface area (Å²) in [4.78, 5) is 29.3. The first-order chi connectivity index (χ1) is 18.5. The number of nitro groups is 1. The monoisotopic (exact) mass is 526 g/mol. The summed E-state index contributed by atoms with van der Waals surface area (Å²) in [5.41, 5.74) is 1.86. The van der Waals surface area contributed by atoms with E-state index in [1.54, 1.807) is 48.1 Å². The van der Waals surface area contributed by atoms with Gasteiger partial charge in [-0.1, -0.05) is 29.5 Å². The lowest BCUT2D eigenvalue weighted by Crippen LogP contribution is -2.23. The summed E-state index contributed by atoms with van der Waals surface area (Å²) in [6.07, 6.45) is 4.98. The molecule has 0 saturated heterocycles. The lowest BCUT2D eigenvalue weighted by molar-refractivity contribution is -0.385. The lowest BCUT2D eigenvalue weighted by atomic mass is 10.1. The fourth-order valence-electron chi connectivity index (χ4n) is 4.00. The van der Waals surface area contributed by atoms with Crippen molar-refractivity contribution in [2.24, 2.45) is 0 Å². The second-order valence-corrected chi connectivity index (χ2v) is 9.12. The van der Waals surface area contributed by atoms with E-state index in [-0.39, 0.29) is 17.0 Å². The Labute approximate surface area is 218 Å². The molecule has 38 heavy (non-hydrogen) atoms. The predicted octanol–water partition coefficient (Wildman–Crippen LogP) is 4.12. The standard InChI is InChI=1S/C26H18N6O5S/c1-2-36-20-11-10-16(13-19(20)32(34)35)23-17(15-30(28-23)18-7-4-3-5-8-18)14-22-25(33)31-26(38-22)27-24(29-31)21-9-6-12-37-21/h3-15H,2H2,1H3/b22-14-. The van der Waals surface area contributed by atoms with Crippen LogP contribution in [0.15, 0.2) is 82.3 Å². The van der Waals surface area contributed by atoms with E-state index in [2.05, 4.69) is 10.1 Å². The van der Waals surface area contributed by atoms with E-state index >= 15 is 0 Å². The largest absolute Gasteiger partial charge is 0.487 e. The molecule has 0 aliphatic carbocycles. The summed E-state index contributed by atoms with van der Waals surface area (Å²) in [6.45, 7) is 2.06. The highest BCUT2D eigenvalue weighted by Gasteiger charge is 2.20. The van der Waals surface area contributed by atoms with Crippen LogP contribution in [0, 0.1) is 10.1 Å². The summed E-state index contributed by atoms with van der Waals surface area (Å²) in [5.74, 6) is 0.965. The molecule has 0 amide bonds. The number of fused-ring (bicyclic) bond motifs is 1. The molecular weight excluding hydrogens is 508 g/mol. The highest BCUT2D eigenvalue weighted by atomic mass is 32.1. The minimum absolute atomic E-state index is 0.168. The molecule has 0 fully saturated rings. The van der Waals surface area contributed by atoms with E-state index in [1.165, 1.54) is 28.2 Å². The number of benzene rings is 2. The third-order valence-electron chi connectivity index (χ3n) is 5.70. The molecular formula is C26H18N6O5S. The number of rotatable bonds is 7. The van der Waals surface area contributed by atoms with E-state index in [1.807, 2.05) is 30.3 Å². The molecule has 0 radical (unpaired) electrons. The molecule has 6 aromatic rings. The summed E-state index contributed by atoms with van der Waals surface area (Å²) in [7, 11) is 0. The molecule has 0 aliphatic heterocycles. The highest BCUT2D eigenvalue weighted by Crippen LogP contribution is 2.34. The zero-order valence-electron chi connectivity index (χ0n) is 19.8. The Morgan fingerprint density at radius 2 is 1.97 bits per heavy atom. The molecule has 0 unspecified atom stereocenters. The average molecular weight is 527 g/mol. The van der Waals surface area contributed by atoms with Gasteiger partial charge in [-0.2, -0.15) is 14.6 Å². The van der Waals surface area contributed by atoms with Crippen molar-refractivity contribution in [2.75, 3.05) is 6.61 Å². The van der Waals surface area contributed by atoms with Gasteiger partial charge in [-0.15, -0.1) is 5.10 Å². The second kappa shape index (κ2) is 9.41. The van der Waals surface area contributed by atoms with Gasteiger partial charge in [0.1, 0.15) is 5.69 Å². The van der Waals surface area contributed by atoms with E-state index in [0.29, 0.717) is 44.5 Å². The molecule has 4 heterocycles. The quantitative estimate of drug-likeness (QED) is 0.224. The zero-order valence-corrected chi connectivity index (χ0v) is 20.7. The van der Waals surface area contributed by atoms with Crippen LogP contribution in [0.5, 0.6) is 5.75 Å².